The van der Waals surface area contributed by atoms with Crippen molar-refractivity contribution in [1.82, 2.24) is 4.98 Å². The monoisotopic (exact) mass is 781 g/mol. The van der Waals surface area contributed by atoms with E-state index in [2.05, 4.69) is 54.6 Å². The number of fused-ring (bicyclic) bond motifs is 7. The minimum absolute atomic E-state index is 0. The average molecular weight is 781 g/mol. The van der Waals surface area contributed by atoms with Gasteiger partial charge < -0.3 is 10.1 Å². The van der Waals surface area contributed by atoms with Crippen molar-refractivity contribution in [3.05, 3.63) is 138 Å². The summed E-state index contributed by atoms with van der Waals surface area (Å²) in [6.07, 6.45) is 3.16. The van der Waals surface area contributed by atoms with Crippen LogP contribution in [-0.4, -0.2) is 21.7 Å². The first-order valence-electron chi connectivity index (χ1n) is 15.2. The number of ketones is 2. The Balaban J connectivity index is 0.000000302. The molecule has 1 aliphatic rings. The van der Waals surface area contributed by atoms with Crippen LogP contribution < -0.4 is 0 Å². The maximum atomic E-state index is 13.3. The third-order valence-electron chi connectivity index (χ3n) is 8.26. The smallest absolute Gasteiger partial charge is 0.194 e. The fraction of sp³-hybridized carbons (Fsp3) is 0.146. The Morgan fingerprint density at radius 2 is 1.35 bits per heavy atom. The van der Waals surface area contributed by atoms with E-state index in [0.29, 0.717) is 0 Å². The Morgan fingerprint density at radius 1 is 0.696 bits per heavy atom. The molecule has 5 heteroatoms. The van der Waals surface area contributed by atoms with Crippen molar-refractivity contribution >= 4 is 33.1 Å². The molecule has 1 heterocycles. The van der Waals surface area contributed by atoms with Gasteiger partial charge in [0.25, 0.3) is 0 Å². The molecule has 231 valence electrons. The predicted molar refractivity (Wildman–Crippen MR) is 183 cm³/mol. The number of pyridine rings is 1. The number of aliphatic hydroxyl groups excluding tert-OH is 1. The van der Waals surface area contributed by atoms with E-state index in [1.807, 2.05) is 88.5 Å². The van der Waals surface area contributed by atoms with Crippen LogP contribution in [0.15, 0.2) is 121 Å². The van der Waals surface area contributed by atoms with Crippen molar-refractivity contribution in [3.8, 4) is 33.5 Å². The number of nitrogens with zero attached hydrogens (tertiary/aromatic N) is 1. The number of carbonyl (C=O) groups excluding carboxylic acids is 2. The topological polar surface area (TPSA) is 67.3 Å². The second-order valence-electron chi connectivity index (χ2n) is 11.9. The van der Waals surface area contributed by atoms with E-state index >= 15 is 0 Å². The van der Waals surface area contributed by atoms with Crippen molar-refractivity contribution in [2.45, 2.75) is 27.7 Å². The first-order chi connectivity index (χ1) is 21.7. The minimum atomic E-state index is -0.0316. The minimum Gasteiger partial charge on any atom is -0.512 e. The van der Waals surface area contributed by atoms with Gasteiger partial charge in [0.2, 0.25) is 0 Å². The maximum absolute atomic E-state index is 13.3. The van der Waals surface area contributed by atoms with Gasteiger partial charge in [-0.2, -0.15) is 0 Å². The Hall–Kier alpha value is -4.70. The van der Waals surface area contributed by atoms with Crippen LogP contribution in [0.2, 0.25) is 0 Å². The third kappa shape index (κ3) is 6.22. The number of hydrogen-bond acceptors (Lipinski definition) is 4. The van der Waals surface area contributed by atoms with Gasteiger partial charge in [-0.05, 0) is 44.4 Å². The maximum Gasteiger partial charge on any atom is 0.194 e. The van der Waals surface area contributed by atoms with Gasteiger partial charge in [-0.3, -0.25) is 9.59 Å². The second-order valence-corrected chi connectivity index (χ2v) is 11.9. The molecular formula is C41H34IrNO3-. The first kappa shape index (κ1) is 32.7. The summed E-state index contributed by atoms with van der Waals surface area (Å²) in [6, 6.07) is 38.3. The molecule has 0 saturated carbocycles. The summed E-state index contributed by atoms with van der Waals surface area (Å²) >= 11 is 0. The van der Waals surface area contributed by atoms with Gasteiger partial charge in [-0.15, -0.1) is 29.8 Å². The van der Waals surface area contributed by atoms with Gasteiger partial charge in [0.15, 0.2) is 11.6 Å². The summed E-state index contributed by atoms with van der Waals surface area (Å²) in [7, 11) is 0. The molecule has 0 atom stereocenters. The van der Waals surface area contributed by atoms with Crippen LogP contribution in [0.25, 0.3) is 55.1 Å². The summed E-state index contributed by atoms with van der Waals surface area (Å²) in [5.41, 5.74) is 7.78. The van der Waals surface area contributed by atoms with E-state index in [1.165, 1.54) is 11.6 Å². The molecule has 1 aromatic heterocycles. The van der Waals surface area contributed by atoms with Crippen LogP contribution >= 0.6 is 0 Å². The molecule has 0 amide bonds. The molecule has 1 N–H and O–H groups in total. The molecule has 0 saturated heterocycles. The van der Waals surface area contributed by atoms with Crippen LogP contribution in [0, 0.1) is 17.9 Å². The van der Waals surface area contributed by atoms with E-state index in [9.17, 15) is 14.7 Å². The first-order valence-corrected chi connectivity index (χ1v) is 15.2. The molecule has 7 rings (SSSR count). The van der Waals surface area contributed by atoms with E-state index in [4.69, 9.17) is 4.98 Å². The fourth-order valence-corrected chi connectivity index (χ4v) is 5.67. The normalized spacial score (nSPS) is 12.0. The zero-order valence-electron chi connectivity index (χ0n) is 26.2. The van der Waals surface area contributed by atoms with Gasteiger partial charge in [0.1, 0.15) is 0 Å². The van der Waals surface area contributed by atoms with Crippen LogP contribution in [0.4, 0.5) is 0 Å². The molecule has 0 spiro atoms. The number of allylic oxidation sites excluding steroid dienone is 2. The van der Waals surface area contributed by atoms with Gasteiger partial charge in [-0.1, -0.05) is 118 Å². The van der Waals surface area contributed by atoms with Crippen LogP contribution in [0.5, 0.6) is 0 Å². The van der Waals surface area contributed by atoms with Crippen molar-refractivity contribution in [2.24, 2.45) is 11.8 Å². The molecule has 6 aromatic rings. The zero-order chi connectivity index (χ0) is 31.7. The molecule has 46 heavy (non-hydrogen) atoms. The molecule has 0 fully saturated rings. The van der Waals surface area contributed by atoms with Gasteiger partial charge in [0, 0.05) is 55.3 Å². The van der Waals surface area contributed by atoms with E-state index in [0.717, 1.165) is 60.6 Å². The molecule has 1 radical (unpaired) electrons. The molecule has 0 unspecified atom stereocenters. The molecular weight excluding hydrogens is 747 g/mol. The molecule has 4 nitrogen and oxygen atoms in total. The predicted octanol–water partition coefficient (Wildman–Crippen LogP) is 10.0. The average Bonchev–Trinajstić information content (AvgIpc) is 3.36. The Kier molecular flexibility index (Phi) is 9.76. The van der Waals surface area contributed by atoms with Gasteiger partial charge >= 0.3 is 0 Å². The van der Waals surface area contributed by atoms with Crippen molar-refractivity contribution in [2.75, 3.05) is 0 Å². The SMILES string of the molecule is CC(C)C(=O)/C=C(\O)C(C)C.O=C1c2ccccc2-c2ccc3c(ccc4c(-c5[c-]cc(-c6ccccc6)cc5)nccc43)c21.[Ir]. The number of aromatic nitrogens is 1. The largest absolute Gasteiger partial charge is 0.512 e. The molecule has 5 aromatic carbocycles. The molecule has 0 bridgehead atoms. The summed E-state index contributed by atoms with van der Waals surface area (Å²) in [5.74, 6) is 0.267. The standard InChI is InChI=1S/C32H18NO.C9H16O2.Ir/c34-32-29-9-5-4-8-23(29)26-15-14-24-25-18-19-33-31(28(25)17-16-27(24)30(26)32)22-12-10-21(11-13-22)20-6-2-1-3-7-20;1-6(2)8(10)5-9(11)7(3)4;/h1-12,14-19H;5-7,10H,1-4H3;/q-1;;/b;8-5-;. The summed E-state index contributed by atoms with van der Waals surface area (Å²) in [6.45, 7) is 7.32. The quantitative estimate of drug-likeness (QED) is 0.0818. The third-order valence-corrected chi connectivity index (χ3v) is 8.26. The van der Waals surface area contributed by atoms with E-state index in [1.54, 1.807) is 0 Å². The van der Waals surface area contributed by atoms with E-state index < -0.39 is 0 Å². The molecule has 1 aliphatic carbocycles. The Bertz CT molecular complexity index is 2100. The summed E-state index contributed by atoms with van der Waals surface area (Å²) in [4.78, 5) is 29.0. The molecule has 0 aliphatic heterocycles. The van der Waals surface area contributed by atoms with Crippen molar-refractivity contribution < 1.29 is 34.8 Å². The summed E-state index contributed by atoms with van der Waals surface area (Å²) < 4.78 is 0. The van der Waals surface area contributed by atoms with Gasteiger partial charge in [-0.25, -0.2) is 0 Å². The number of carbonyl (C=O) groups is 2. The zero-order valence-corrected chi connectivity index (χ0v) is 28.6. The van der Waals surface area contributed by atoms with Crippen LogP contribution in [-0.2, 0) is 24.9 Å². The van der Waals surface area contributed by atoms with Gasteiger partial charge in [0.05, 0.1) is 5.76 Å². The van der Waals surface area contributed by atoms with Crippen molar-refractivity contribution in [3.63, 3.8) is 0 Å². The number of hydrogen-bond donors (Lipinski definition) is 1. The van der Waals surface area contributed by atoms with Crippen LogP contribution in [0.1, 0.15) is 43.6 Å². The number of rotatable bonds is 5. The fourth-order valence-electron chi connectivity index (χ4n) is 5.67. The van der Waals surface area contributed by atoms with E-state index in [-0.39, 0.29) is 49.3 Å². The van der Waals surface area contributed by atoms with Crippen LogP contribution in [0.3, 0.4) is 0 Å². The number of aliphatic hydroxyl groups is 1. The second kappa shape index (κ2) is 13.7. The van der Waals surface area contributed by atoms with Crippen molar-refractivity contribution in [1.29, 1.82) is 0 Å². The number of benzene rings is 5. The summed E-state index contributed by atoms with van der Waals surface area (Å²) in [5, 5.41) is 13.4. The Morgan fingerprint density at radius 3 is 2.02 bits per heavy atom. The Labute approximate surface area is 283 Å².